The maximum Gasteiger partial charge on any atom is 0.148 e. The summed E-state index contributed by atoms with van der Waals surface area (Å²) in [6.07, 6.45) is 2.58. The maximum absolute atomic E-state index is 5.43. The molecule has 2 rings (SSSR count). The van der Waals surface area contributed by atoms with Crippen molar-refractivity contribution in [2.45, 2.75) is 19.4 Å². The Morgan fingerprint density at radius 1 is 1.50 bits per heavy atom. The minimum absolute atomic E-state index is 0.798. The Kier molecular flexibility index (Phi) is 4.87. The van der Waals surface area contributed by atoms with Crippen LogP contribution in [0.3, 0.4) is 0 Å². The smallest absolute Gasteiger partial charge is 0.148 e. The molecule has 0 radical (unpaired) electrons. The molecule has 0 amide bonds. The summed E-state index contributed by atoms with van der Waals surface area (Å²) in [6.45, 7) is 4.36. The van der Waals surface area contributed by atoms with Gasteiger partial charge in [-0.2, -0.15) is 0 Å². The third kappa shape index (κ3) is 3.61. The van der Waals surface area contributed by atoms with Crippen LogP contribution >= 0.6 is 11.5 Å². The molecule has 1 aromatic heterocycles. The Morgan fingerprint density at radius 3 is 2.89 bits per heavy atom. The van der Waals surface area contributed by atoms with Gasteiger partial charge in [-0.25, -0.2) is 5.84 Å². The lowest BCUT2D eigenvalue weighted by Crippen LogP contribution is -2.35. The van der Waals surface area contributed by atoms with E-state index in [1.165, 1.54) is 37.5 Å². The monoisotopic (exact) mass is 270 g/mol. The lowest BCUT2D eigenvalue weighted by atomic mass is 9.97. The van der Waals surface area contributed by atoms with Gasteiger partial charge in [0.2, 0.25) is 0 Å². The summed E-state index contributed by atoms with van der Waals surface area (Å²) in [4.78, 5) is 4.71. The first-order chi connectivity index (χ1) is 8.69. The summed E-state index contributed by atoms with van der Waals surface area (Å²) in [7, 11) is 4.33. The van der Waals surface area contributed by atoms with Crippen LogP contribution in [-0.4, -0.2) is 53.1 Å². The minimum atomic E-state index is 0.798. The van der Waals surface area contributed by atoms with Crippen LogP contribution in [-0.2, 0) is 6.54 Å². The van der Waals surface area contributed by atoms with E-state index in [9.17, 15) is 0 Å². The molecular formula is C11H22N6S. The van der Waals surface area contributed by atoms with E-state index in [1.54, 1.807) is 0 Å². The van der Waals surface area contributed by atoms with E-state index in [2.05, 4.69) is 38.9 Å². The van der Waals surface area contributed by atoms with E-state index < -0.39 is 0 Å². The standard InChI is InChI=1S/C11H22N6S/c1-16-5-3-9(4-6-16)7-17(2)8-10-11(13-12)18-15-14-10/h9,13H,3-8,12H2,1-2H3. The number of nitrogens with one attached hydrogen (secondary N) is 1. The number of nitrogens with zero attached hydrogens (tertiary/aromatic N) is 4. The predicted molar refractivity (Wildman–Crippen MR) is 74.3 cm³/mol. The Balaban J connectivity index is 1.80. The van der Waals surface area contributed by atoms with Crippen molar-refractivity contribution in [1.29, 1.82) is 0 Å². The van der Waals surface area contributed by atoms with Gasteiger partial charge in [-0.1, -0.05) is 4.49 Å². The number of nitrogens with two attached hydrogens (primary N) is 1. The van der Waals surface area contributed by atoms with Gasteiger partial charge in [-0.15, -0.1) is 5.10 Å². The third-order valence-electron chi connectivity index (χ3n) is 3.51. The zero-order chi connectivity index (χ0) is 13.0. The number of hydrogen-bond donors (Lipinski definition) is 2. The second kappa shape index (κ2) is 6.42. The quantitative estimate of drug-likeness (QED) is 0.603. The SMILES string of the molecule is CN1CCC(CN(C)Cc2nnsc2NN)CC1. The van der Waals surface area contributed by atoms with E-state index in [-0.39, 0.29) is 0 Å². The van der Waals surface area contributed by atoms with Gasteiger partial charge >= 0.3 is 0 Å². The molecule has 18 heavy (non-hydrogen) atoms. The second-order valence-electron chi connectivity index (χ2n) is 5.14. The highest BCUT2D eigenvalue weighted by atomic mass is 32.1. The fourth-order valence-electron chi connectivity index (χ4n) is 2.43. The third-order valence-corrected chi connectivity index (χ3v) is 4.21. The molecule has 6 nitrogen and oxygen atoms in total. The van der Waals surface area contributed by atoms with Gasteiger partial charge in [0.15, 0.2) is 0 Å². The van der Waals surface area contributed by atoms with Crippen LogP contribution in [0.25, 0.3) is 0 Å². The number of piperidine rings is 1. The molecule has 0 aliphatic carbocycles. The molecule has 1 aliphatic heterocycles. The molecule has 0 aromatic carbocycles. The van der Waals surface area contributed by atoms with Gasteiger partial charge in [0, 0.05) is 24.6 Å². The van der Waals surface area contributed by atoms with Crippen LogP contribution in [0.2, 0.25) is 0 Å². The van der Waals surface area contributed by atoms with Crippen molar-refractivity contribution in [1.82, 2.24) is 19.4 Å². The number of likely N-dealkylation sites (tertiary alicyclic amines) is 1. The minimum Gasteiger partial charge on any atom is -0.313 e. The van der Waals surface area contributed by atoms with Crippen molar-refractivity contribution in [2.24, 2.45) is 11.8 Å². The highest BCUT2D eigenvalue weighted by molar-refractivity contribution is 7.10. The number of aromatic nitrogens is 2. The second-order valence-corrected chi connectivity index (χ2v) is 5.89. The topological polar surface area (TPSA) is 70.3 Å². The van der Waals surface area contributed by atoms with Crippen LogP contribution in [0, 0.1) is 5.92 Å². The summed E-state index contributed by atoms with van der Waals surface area (Å²) in [5, 5.41) is 4.97. The maximum atomic E-state index is 5.43. The average Bonchev–Trinajstić information content (AvgIpc) is 2.79. The zero-order valence-electron chi connectivity index (χ0n) is 11.1. The van der Waals surface area contributed by atoms with Crippen LogP contribution in [0.1, 0.15) is 18.5 Å². The summed E-state index contributed by atoms with van der Waals surface area (Å²) >= 11 is 1.31. The van der Waals surface area contributed by atoms with Gasteiger partial charge in [-0.05, 0) is 45.9 Å². The van der Waals surface area contributed by atoms with E-state index in [4.69, 9.17) is 5.84 Å². The first kappa shape index (κ1) is 13.7. The lowest BCUT2D eigenvalue weighted by Gasteiger charge is -2.31. The van der Waals surface area contributed by atoms with Gasteiger partial charge in [0.1, 0.15) is 10.7 Å². The van der Waals surface area contributed by atoms with Crippen molar-refractivity contribution in [3.63, 3.8) is 0 Å². The van der Waals surface area contributed by atoms with Gasteiger partial charge in [0.05, 0.1) is 0 Å². The van der Waals surface area contributed by atoms with Crippen molar-refractivity contribution in [3.8, 4) is 0 Å². The van der Waals surface area contributed by atoms with Crippen molar-refractivity contribution in [3.05, 3.63) is 5.69 Å². The van der Waals surface area contributed by atoms with E-state index in [0.29, 0.717) is 0 Å². The lowest BCUT2D eigenvalue weighted by molar-refractivity contribution is 0.173. The fourth-order valence-corrected chi connectivity index (χ4v) is 2.91. The van der Waals surface area contributed by atoms with Crippen LogP contribution in [0.15, 0.2) is 0 Å². The Hall–Kier alpha value is -0.760. The summed E-state index contributed by atoms with van der Waals surface area (Å²) in [5.41, 5.74) is 3.59. The average molecular weight is 270 g/mol. The van der Waals surface area contributed by atoms with E-state index in [1.807, 2.05) is 0 Å². The van der Waals surface area contributed by atoms with Crippen LogP contribution < -0.4 is 11.3 Å². The van der Waals surface area contributed by atoms with Crippen molar-refractivity contribution < 1.29 is 0 Å². The molecule has 0 unspecified atom stereocenters. The number of hydrogen-bond acceptors (Lipinski definition) is 7. The molecule has 2 heterocycles. The normalized spacial score (nSPS) is 18.4. The number of rotatable bonds is 5. The number of nitrogen functional groups attached to an aromatic ring is 1. The van der Waals surface area contributed by atoms with Gasteiger partial charge in [-0.3, -0.25) is 0 Å². The van der Waals surface area contributed by atoms with Crippen LogP contribution in [0.5, 0.6) is 0 Å². The largest absolute Gasteiger partial charge is 0.313 e. The first-order valence-electron chi connectivity index (χ1n) is 6.34. The predicted octanol–water partition coefficient (Wildman–Crippen LogP) is 0.597. The molecule has 0 bridgehead atoms. The Bertz CT molecular complexity index is 360. The fraction of sp³-hybridized carbons (Fsp3) is 0.818. The summed E-state index contributed by atoms with van der Waals surface area (Å²) < 4.78 is 3.92. The zero-order valence-corrected chi connectivity index (χ0v) is 11.9. The molecule has 1 fully saturated rings. The Morgan fingerprint density at radius 2 is 2.22 bits per heavy atom. The van der Waals surface area contributed by atoms with Gasteiger partial charge < -0.3 is 15.2 Å². The number of anilines is 1. The molecule has 1 saturated heterocycles. The molecular weight excluding hydrogens is 248 g/mol. The molecule has 1 aliphatic rings. The molecule has 1 aromatic rings. The molecule has 0 spiro atoms. The van der Waals surface area contributed by atoms with Crippen molar-refractivity contribution >= 4 is 16.5 Å². The molecule has 0 saturated carbocycles. The van der Waals surface area contributed by atoms with E-state index in [0.717, 1.165) is 29.7 Å². The number of hydrazine groups is 1. The molecule has 102 valence electrons. The Labute approximate surface area is 112 Å². The highest BCUT2D eigenvalue weighted by Crippen LogP contribution is 2.20. The first-order valence-corrected chi connectivity index (χ1v) is 7.11. The summed E-state index contributed by atoms with van der Waals surface area (Å²) in [5.74, 6) is 6.22. The molecule has 0 atom stereocenters. The van der Waals surface area contributed by atoms with Crippen molar-refractivity contribution in [2.75, 3.05) is 39.2 Å². The summed E-state index contributed by atoms with van der Waals surface area (Å²) in [6, 6.07) is 0. The highest BCUT2D eigenvalue weighted by Gasteiger charge is 2.19. The molecule has 7 heteroatoms. The molecule has 3 N–H and O–H groups in total. The van der Waals surface area contributed by atoms with Crippen LogP contribution in [0.4, 0.5) is 5.00 Å². The van der Waals surface area contributed by atoms with Gasteiger partial charge in [0.25, 0.3) is 0 Å². The van der Waals surface area contributed by atoms with E-state index >= 15 is 0 Å².